The summed E-state index contributed by atoms with van der Waals surface area (Å²) >= 11 is 1.90. The van der Waals surface area contributed by atoms with Gasteiger partial charge in [0.25, 0.3) is 5.91 Å². The number of fused-ring (bicyclic) bond motifs is 1. The number of thioether (sulfide) groups is 1. The Labute approximate surface area is 129 Å². The van der Waals surface area contributed by atoms with E-state index in [2.05, 4.69) is 12.1 Å². The van der Waals surface area contributed by atoms with E-state index in [1.54, 1.807) is 0 Å². The summed E-state index contributed by atoms with van der Waals surface area (Å²) in [6.07, 6.45) is -0.436. The quantitative estimate of drug-likeness (QED) is 0.872. The van der Waals surface area contributed by atoms with Crippen molar-refractivity contribution in [1.82, 2.24) is 4.90 Å². The lowest BCUT2D eigenvalue weighted by molar-refractivity contribution is -0.137. The Hall–Kier alpha value is -1.68. The van der Waals surface area contributed by atoms with Gasteiger partial charge in [-0.05, 0) is 29.8 Å². The lowest BCUT2D eigenvalue weighted by Crippen LogP contribution is -2.44. The van der Waals surface area contributed by atoms with Gasteiger partial charge in [0, 0.05) is 24.6 Å². The van der Waals surface area contributed by atoms with E-state index in [1.165, 1.54) is 5.39 Å². The molecule has 1 atom stereocenters. The van der Waals surface area contributed by atoms with Crippen LogP contribution in [0.3, 0.4) is 0 Å². The lowest BCUT2D eigenvalue weighted by Gasteiger charge is -2.29. The van der Waals surface area contributed by atoms with Crippen LogP contribution in [-0.4, -0.2) is 41.5 Å². The lowest BCUT2D eigenvalue weighted by atomic mass is 10.1. The molecule has 1 heterocycles. The zero-order chi connectivity index (χ0) is 14.7. The van der Waals surface area contributed by atoms with Gasteiger partial charge in [-0.15, -0.1) is 0 Å². The van der Waals surface area contributed by atoms with Gasteiger partial charge < -0.3 is 9.64 Å². The number of amides is 1. The number of carbonyl (C=O) groups excluding carboxylic acids is 1. The molecular weight excluding hydrogens is 282 g/mol. The molecule has 1 aliphatic heterocycles. The van der Waals surface area contributed by atoms with Crippen molar-refractivity contribution in [1.29, 1.82) is 0 Å². The summed E-state index contributed by atoms with van der Waals surface area (Å²) in [7, 11) is 0. The van der Waals surface area contributed by atoms with Crippen LogP contribution in [0.25, 0.3) is 10.8 Å². The van der Waals surface area contributed by atoms with Crippen LogP contribution in [-0.2, 0) is 4.79 Å². The second-order valence-electron chi connectivity index (χ2n) is 5.21. The first-order valence-corrected chi connectivity index (χ1v) is 8.41. The molecule has 0 aromatic heterocycles. The highest BCUT2D eigenvalue weighted by molar-refractivity contribution is 7.99. The van der Waals surface area contributed by atoms with E-state index in [1.807, 2.05) is 53.9 Å². The second kappa shape index (κ2) is 6.39. The zero-order valence-corrected chi connectivity index (χ0v) is 12.9. The van der Waals surface area contributed by atoms with Crippen molar-refractivity contribution in [2.24, 2.45) is 0 Å². The molecule has 1 unspecified atom stereocenters. The van der Waals surface area contributed by atoms with Gasteiger partial charge in [-0.1, -0.05) is 30.3 Å². The summed E-state index contributed by atoms with van der Waals surface area (Å²) in [5.41, 5.74) is 0. The molecule has 0 aliphatic carbocycles. The molecule has 2 aromatic rings. The van der Waals surface area contributed by atoms with E-state index >= 15 is 0 Å². The minimum atomic E-state index is -0.436. The number of carbonyl (C=O) groups is 1. The second-order valence-corrected chi connectivity index (χ2v) is 6.43. The van der Waals surface area contributed by atoms with Crippen LogP contribution in [0.2, 0.25) is 0 Å². The first kappa shape index (κ1) is 14.3. The number of nitrogens with zero attached hydrogens (tertiary/aromatic N) is 1. The van der Waals surface area contributed by atoms with Crippen LogP contribution in [0.15, 0.2) is 42.5 Å². The number of ether oxygens (including phenoxy) is 1. The van der Waals surface area contributed by atoms with Crippen molar-refractivity contribution < 1.29 is 9.53 Å². The summed E-state index contributed by atoms with van der Waals surface area (Å²) in [5, 5.41) is 2.31. The largest absolute Gasteiger partial charge is 0.481 e. The summed E-state index contributed by atoms with van der Waals surface area (Å²) in [6.45, 7) is 3.49. The van der Waals surface area contributed by atoms with Crippen molar-refractivity contribution in [2.75, 3.05) is 24.6 Å². The Morgan fingerprint density at radius 2 is 1.86 bits per heavy atom. The minimum Gasteiger partial charge on any atom is -0.481 e. The van der Waals surface area contributed by atoms with Gasteiger partial charge in [0.2, 0.25) is 0 Å². The van der Waals surface area contributed by atoms with Gasteiger partial charge in [0.05, 0.1) is 0 Å². The number of hydrogen-bond acceptors (Lipinski definition) is 3. The Balaban J connectivity index is 1.70. The van der Waals surface area contributed by atoms with Crippen LogP contribution in [0, 0.1) is 0 Å². The predicted octanol–water partition coefficient (Wildman–Crippen LogP) is 3.18. The third-order valence-electron chi connectivity index (χ3n) is 3.70. The Bertz CT molecular complexity index is 637. The van der Waals surface area contributed by atoms with E-state index in [0.717, 1.165) is 35.7 Å². The smallest absolute Gasteiger partial charge is 0.263 e. The molecule has 0 N–H and O–H groups in total. The average Bonchev–Trinajstić information content (AvgIpc) is 2.55. The molecule has 1 fully saturated rings. The van der Waals surface area contributed by atoms with Crippen LogP contribution >= 0.6 is 11.8 Å². The van der Waals surface area contributed by atoms with Crippen LogP contribution in [0.1, 0.15) is 6.92 Å². The maximum Gasteiger partial charge on any atom is 0.263 e. The van der Waals surface area contributed by atoms with Crippen molar-refractivity contribution in [3.63, 3.8) is 0 Å². The fraction of sp³-hybridized carbons (Fsp3) is 0.353. The molecule has 1 saturated heterocycles. The monoisotopic (exact) mass is 301 g/mol. The van der Waals surface area contributed by atoms with Crippen LogP contribution in [0.5, 0.6) is 5.75 Å². The highest BCUT2D eigenvalue weighted by Crippen LogP contribution is 2.22. The summed E-state index contributed by atoms with van der Waals surface area (Å²) in [6, 6.07) is 14.1. The third-order valence-corrected chi connectivity index (χ3v) is 4.65. The van der Waals surface area contributed by atoms with E-state index < -0.39 is 6.10 Å². The third kappa shape index (κ3) is 3.32. The molecule has 1 aliphatic rings. The normalized spacial score (nSPS) is 16.7. The molecule has 0 saturated carbocycles. The van der Waals surface area contributed by atoms with Crippen molar-refractivity contribution in [3.8, 4) is 5.75 Å². The molecule has 0 bridgehead atoms. The highest BCUT2D eigenvalue weighted by Gasteiger charge is 2.23. The van der Waals surface area contributed by atoms with Gasteiger partial charge in [-0.3, -0.25) is 4.79 Å². The maximum absolute atomic E-state index is 12.4. The molecule has 4 heteroatoms. The number of hydrogen-bond donors (Lipinski definition) is 0. The summed E-state index contributed by atoms with van der Waals surface area (Å²) in [5.74, 6) is 2.88. The van der Waals surface area contributed by atoms with Gasteiger partial charge in [0.15, 0.2) is 6.10 Å². The predicted molar refractivity (Wildman–Crippen MR) is 87.9 cm³/mol. The number of rotatable bonds is 3. The van der Waals surface area contributed by atoms with E-state index in [0.29, 0.717) is 0 Å². The van der Waals surface area contributed by atoms with Gasteiger partial charge in [-0.25, -0.2) is 0 Å². The first-order valence-electron chi connectivity index (χ1n) is 7.26. The highest BCUT2D eigenvalue weighted by atomic mass is 32.2. The molecule has 2 aromatic carbocycles. The Morgan fingerprint density at radius 3 is 2.62 bits per heavy atom. The fourth-order valence-corrected chi connectivity index (χ4v) is 3.44. The molecule has 110 valence electrons. The maximum atomic E-state index is 12.4. The van der Waals surface area contributed by atoms with E-state index in [9.17, 15) is 4.79 Å². The fourth-order valence-electron chi connectivity index (χ4n) is 2.54. The SMILES string of the molecule is CC(Oc1ccc2ccccc2c1)C(=O)N1CCSCC1. The van der Waals surface area contributed by atoms with Gasteiger partial charge in [0.1, 0.15) is 5.75 Å². The summed E-state index contributed by atoms with van der Waals surface area (Å²) < 4.78 is 5.84. The number of benzene rings is 2. The van der Waals surface area contributed by atoms with E-state index in [-0.39, 0.29) is 5.91 Å². The molecule has 21 heavy (non-hydrogen) atoms. The summed E-state index contributed by atoms with van der Waals surface area (Å²) in [4.78, 5) is 14.3. The Kier molecular flexibility index (Phi) is 4.34. The van der Waals surface area contributed by atoms with Crippen LogP contribution < -0.4 is 4.74 Å². The van der Waals surface area contributed by atoms with Crippen LogP contribution in [0.4, 0.5) is 0 Å². The molecule has 3 nitrogen and oxygen atoms in total. The first-order chi connectivity index (χ1) is 10.2. The van der Waals surface area contributed by atoms with Crippen molar-refractivity contribution >= 4 is 28.4 Å². The molecular formula is C17H19NO2S. The van der Waals surface area contributed by atoms with Gasteiger partial charge >= 0.3 is 0 Å². The topological polar surface area (TPSA) is 29.5 Å². The Morgan fingerprint density at radius 1 is 1.14 bits per heavy atom. The minimum absolute atomic E-state index is 0.0865. The molecule has 1 amide bonds. The van der Waals surface area contributed by atoms with Crippen molar-refractivity contribution in [2.45, 2.75) is 13.0 Å². The molecule has 0 spiro atoms. The molecule has 3 rings (SSSR count). The van der Waals surface area contributed by atoms with Crippen molar-refractivity contribution in [3.05, 3.63) is 42.5 Å². The molecule has 0 radical (unpaired) electrons. The standard InChI is InChI=1S/C17H19NO2S/c1-13(17(19)18-8-10-21-11-9-18)20-16-7-6-14-4-2-3-5-15(14)12-16/h2-7,12-13H,8-11H2,1H3. The van der Waals surface area contributed by atoms with E-state index in [4.69, 9.17) is 4.74 Å². The zero-order valence-electron chi connectivity index (χ0n) is 12.1. The van der Waals surface area contributed by atoms with Gasteiger partial charge in [-0.2, -0.15) is 11.8 Å². The average molecular weight is 301 g/mol.